The maximum absolute atomic E-state index is 8.96. The van der Waals surface area contributed by atoms with Gasteiger partial charge in [-0.1, -0.05) is 0 Å². The van der Waals surface area contributed by atoms with Gasteiger partial charge < -0.3 is 9.67 Å². The molecular formula is C8H8BrN3OS. The van der Waals surface area contributed by atoms with Crippen LogP contribution in [0.15, 0.2) is 22.2 Å². The summed E-state index contributed by atoms with van der Waals surface area (Å²) < 4.78 is 2.93. The van der Waals surface area contributed by atoms with Crippen molar-refractivity contribution in [2.45, 2.75) is 13.2 Å². The molecule has 0 aliphatic heterocycles. The van der Waals surface area contributed by atoms with Crippen LogP contribution in [0.25, 0.3) is 0 Å². The molecule has 0 unspecified atom stereocenters. The second-order valence-electron chi connectivity index (χ2n) is 2.74. The predicted molar refractivity (Wildman–Crippen MR) is 57.1 cm³/mol. The van der Waals surface area contributed by atoms with E-state index in [9.17, 15) is 0 Å². The zero-order chi connectivity index (χ0) is 9.97. The van der Waals surface area contributed by atoms with E-state index < -0.39 is 0 Å². The van der Waals surface area contributed by atoms with Crippen molar-refractivity contribution in [2.75, 3.05) is 0 Å². The van der Waals surface area contributed by atoms with Crippen LogP contribution in [-0.4, -0.2) is 19.9 Å². The molecule has 0 atom stereocenters. The fraction of sp³-hybridized carbons (Fsp3) is 0.250. The first kappa shape index (κ1) is 9.82. The summed E-state index contributed by atoms with van der Waals surface area (Å²) in [6, 6.07) is 4.04. The summed E-state index contributed by atoms with van der Waals surface area (Å²) in [6.07, 6.45) is 1.62. The number of hydrogen-bond acceptors (Lipinski definition) is 4. The van der Waals surface area contributed by atoms with Gasteiger partial charge in [-0.2, -0.15) is 0 Å². The maximum Gasteiger partial charge on any atom is 0.158 e. The molecule has 74 valence electrons. The van der Waals surface area contributed by atoms with E-state index in [1.54, 1.807) is 17.7 Å². The van der Waals surface area contributed by atoms with Gasteiger partial charge in [-0.25, -0.2) is 0 Å². The molecule has 0 saturated carbocycles. The fourth-order valence-corrected chi connectivity index (χ4v) is 2.62. The van der Waals surface area contributed by atoms with E-state index in [4.69, 9.17) is 5.11 Å². The minimum atomic E-state index is -0.0768. The monoisotopic (exact) mass is 273 g/mol. The Bertz CT molecular complexity index is 426. The van der Waals surface area contributed by atoms with Gasteiger partial charge in [-0.05, 0) is 28.1 Å². The molecule has 0 amide bonds. The zero-order valence-electron chi connectivity index (χ0n) is 7.22. The molecule has 0 saturated heterocycles. The summed E-state index contributed by atoms with van der Waals surface area (Å²) >= 11 is 5.06. The number of aliphatic hydroxyl groups is 1. The van der Waals surface area contributed by atoms with E-state index in [-0.39, 0.29) is 6.61 Å². The summed E-state index contributed by atoms with van der Waals surface area (Å²) in [7, 11) is 0. The first-order valence-corrected chi connectivity index (χ1v) is 5.62. The van der Waals surface area contributed by atoms with E-state index >= 15 is 0 Å². The highest BCUT2D eigenvalue weighted by Gasteiger charge is 2.04. The lowest BCUT2D eigenvalue weighted by Crippen LogP contribution is -2.02. The Hall–Kier alpha value is -0.720. The molecule has 4 nitrogen and oxygen atoms in total. The van der Waals surface area contributed by atoms with Gasteiger partial charge in [0.05, 0.1) is 10.3 Å². The Kier molecular flexibility index (Phi) is 2.95. The van der Waals surface area contributed by atoms with E-state index in [0.717, 1.165) is 3.79 Å². The molecule has 1 N–H and O–H groups in total. The van der Waals surface area contributed by atoms with Gasteiger partial charge in [-0.15, -0.1) is 21.5 Å². The van der Waals surface area contributed by atoms with Crippen LogP contribution in [0.5, 0.6) is 0 Å². The number of halogens is 1. The summed E-state index contributed by atoms with van der Waals surface area (Å²) in [5.41, 5.74) is 0. The predicted octanol–water partition coefficient (Wildman–Crippen LogP) is 1.64. The molecule has 2 aromatic heterocycles. The second-order valence-corrected chi connectivity index (χ2v) is 5.29. The molecule has 2 heterocycles. The summed E-state index contributed by atoms with van der Waals surface area (Å²) in [6.45, 7) is 0.631. The smallest absolute Gasteiger partial charge is 0.158 e. The third-order valence-electron chi connectivity index (χ3n) is 1.79. The van der Waals surface area contributed by atoms with Crippen molar-refractivity contribution in [3.05, 3.63) is 32.9 Å². The third kappa shape index (κ3) is 2.02. The quantitative estimate of drug-likeness (QED) is 0.925. The Labute approximate surface area is 93.3 Å². The number of aliphatic hydroxyl groups excluding tert-OH is 1. The lowest BCUT2D eigenvalue weighted by atomic mass is 10.4. The van der Waals surface area contributed by atoms with E-state index in [1.807, 2.05) is 16.7 Å². The fourth-order valence-electron chi connectivity index (χ4n) is 1.14. The Morgan fingerprint density at radius 3 is 3.00 bits per heavy atom. The standard InChI is InChI=1S/C8H8BrN3OS/c9-7-2-1-6(14-7)3-12-5-10-11-8(12)4-13/h1-2,5,13H,3-4H2. The largest absolute Gasteiger partial charge is 0.388 e. The topological polar surface area (TPSA) is 50.9 Å². The highest BCUT2D eigenvalue weighted by Crippen LogP contribution is 2.22. The summed E-state index contributed by atoms with van der Waals surface area (Å²) in [5.74, 6) is 0.592. The van der Waals surface area contributed by atoms with Gasteiger partial charge in [0, 0.05) is 4.88 Å². The van der Waals surface area contributed by atoms with Gasteiger partial charge in [-0.3, -0.25) is 0 Å². The van der Waals surface area contributed by atoms with Crippen LogP contribution in [0.3, 0.4) is 0 Å². The van der Waals surface area contributed by atoms with Gasteiger partial charge in [0.1, 0.15) is 12.9 Å². The third-order valence-corrected chi connectivity index (χ3v) is 3.40. The molecule has 0 radical (unpaired) electrons. The number of rotatable bonds is 3. The Balaban J connectivity index is 2.18. The van der Waals surface area contributed by atoms with Crippen LogP contribution in [0.1, 0.15) is 10.7 Å². The average molecular weight is 274 g/mol. The number of aromatic nitrogens is 3. The molecule has 0 aliphatic carbocycles. The van der Waals surface area contributed by atoms with Crippen molar-refractivity contribution in [3.8, 4) is 0 Å². The highest BCUT2D eigenvalue weighted by molar-refractivity contribution is 9.11. The van der Waals surface area contributed by atoms with Crippen LogP contribution in [-0.2, 0) is 13.2 Å². The van der Waals surface area contributed by atoms with E-state index in [2.05, 4.69) is 26.1 Å². The first-order valence-electron chi connectivity index (χ1n) is 4.01. The summed E-state index contributed by atoms with van der Waals surface area (Å²) in [5, 5.41) is 16.5. The van der Waals surface area contributed by atoms with Crippen LogP contribution < -0.4 is 0 Å². The minimum Gasteiger partial charge on any atom is -0.388 e. The van der Waals surface area contributed by atoms with Gasteiger partial charge >= 0.3 is 0 Å². The molecule has 0 spiro atoms. The van der Waals surface area contributed by atoms with Crippen molar-refractivity contribution in [1.82, 2.24) is 14.8 Å². The van der Waals surface area contributed by atoms with E-state index in [0.29, 0.717) is 12.4 Å². The number of nitrogens with zero attached hydrogens (tertiary/aromatic N) is 3. The Morgan fingerprint density at radius 2 is 2.36 bits per heavy atom. The second kappa shape index (κ2) is 4.20. The number of hydrogen-bond donors (Lipinski definition) is 1. The SMILES string of the molecule is OCc1nncn1Cc1ccc(Br)s1. The number of thiophene rings is 1. The molecule has 14 heavy (non-hydrogen) atoms. The highest BCUT2D eigenvalue weighted by atomic mass is 79.9. The van der Waals surface area contributed by atoms with Crippen LogP contribution >= 0.6 is 27.3 Å². The van der Waals surface area contributed by atoms with Gasteiger partial charge in [0.25, 0.3) is 0 Å². The van der Waals surface area contributed by atoms with Crippen molar-refractivity contribution in [3.63, 3.8) is 0 Å². The average Bonchev–Trinajstić information content (AvgIpc) is 2.76. The van der Waals surface area contributed by atoms with Crippen molar-refractivity contribution in [2.24, 2.45) is 0 Å². The molecule has 0 fully saturated rings. The first-order chi connectivity index (χ1) is 6.79. The Morgan fingerprint density at radius 1 is 1.50 bits per heavy atom. The molecule has 0 aliphatic rings. The lowest BCUT2D eigenvalue weighted by Gasteiger charge is -2.01. The van der Waals surface area contributed by atoms with Gasteiger partial charge in [0.15, 0.2) is 5.82 Å². The van der Waals surface area contributed by atoms with Crippen molar-refractivity contribution < 1.29 is 5.11 Å². The molecular weight excluding hydrogens is 266 g/mol. The van der Waals surface area contributed by atoms with E-state index in [1.165, 1.54) is 4.88 Å². The molecule has 2 rings (SSSR count). The van der Waals surface area contributed by atoms with Crippen molar-refractivity contribution in [1.29, 1.82) is 0 Å². The normalized spacial score (nSPS) is 10.7. The maximum atomic E-state index is 8.96. The lowest BCUT2D eigenvalue weighted by molar-refractivity contribution is 0.265. The molecule has 0 bridgehead atoms. The summed E-state index contributed by atoms with van der Waals surface area (Å²) in [4.78, 5) is 1.20. The van der Waals surface area contributed by atoms with Gasteiger partial charge in [0.2, 0.25) is 0 Å². The molecule has 6 heteroatoms. The van der Waals surface area contributed by atoms with Crippen molar-refractivity contribution >= 4 is 27.3 Å². The zero-order valence-corrected chi connectivity index (χ0v) is 9.62. The van der Waals surface area contributed by atoms with Crippen LogP contribution in [0.4, 0.5) is 0 Å². The van der Waals surface area contributed by atoms with Crippen LogP contribution in [0.2, 0.25) is 0 Å². The minimum absolute atomic E-state index is 0.0768. The van der Waals surface area contributed by atoms with Crippen LogP contribution in [0, 0.1) is 0 Å². The molecule has 2 aromatic rings. The molecule has 0 aromatic carbocycles.